The smallest absolute Gasteiger partial charge is 0.239 e. The van der Waals surface area contributed by atoms with Crippen molar-refractivity contribution in [3.05, 3.63) is 20.8 Å². The highest BCUT2D eigenvalue weighted by atomic mass is 79.9. The van der Waals surface area contributed by atoms with E-state index in [-0.39, 0.29) is 11.8 Å². The largest absolute Gasteiger partial charge is 0.339 e. The van der Waals surface area contributed by atoms with Crippen LogP contribution in [0.1, 0.15) is 25.1 Å². The third-order valence-electron chi connectivity index (χ3n) is 2.93. The van der Waals surface area contributed by atoms with Crippen LogP contribution in [0.2, 0.25) is 0 Å². The van der Waals surface area contributed by atoms with Gasteiger partial charge in [-0.05, 0) is 27.9 Å². The molecule has 0 fully saturated rings. The van der Waals surface area contributed by atoms with Crippen molar-refractivity contribution in [3.8, 4) is 0 Å². The number of rotatable bonds is 5. The number of carbonyl (C=O) groups is 1. The van der Waals surface area contributed by atoms with Gasteiger partial charge >= 0.3 is 0 Å². The molecule has 2 atom stereocenters. The van der Waals surface area contributed by atoms with Crippen molar-refractivity contribution in [2.24, 2.45) is 11.7 Å². The fourth-order valence-corrected chi connectivity index (χ4v) is 3.00. The van der Waals surface area contributed by atoms with E-state index >= 15 is 0 Å². The molecule has 17 heavy (non-hydrogen) atoms. The molecule has 0 aliphatic carbocycles. The lowest BCUT2D eigenvalue weighted by Crippen LogP contribution is -2.45. The molecule has 96 valence electrons. The quantitative estimate of drug-likeness (QED) is 0.907. The summed E-state index contributed by atoms with van der Waals surface area (Å²) in [6, 6.07) is 1.64. The van der Waals surface area contributed by atoms with E-state index in [1.54, 1.807) is 23.3 Å². The molecule has 0 bridgehead atoms. The molecule has 1 rings (SSSR count). The van der Waals surface area contributed by atoms with Crippen LogP contribution in [0.15, 0.2) is 15.9 Å². The highest BCUT2D eigenvalue weighted by Gasteiger charge is 2.22. The van der Waals surface area contributed by atoms with Gasteiger partial charge in [0.1, 0.15) is 0 Å². The fraction of sp³-hybridized carbons (Fsp3) is 0.583. The Morgan fingerprint density at radius 1 is 1.65 bits per heavy atom. The van der Waals surface area contributed by atoms with Crippen LogP contribution in [0.25, 0.3) is 0 Å². The Labute approximate surface area is 115 Å². The van der Waals surface area contributed by atoms with Crippen molar-refractivity contribution in [1.82, 2.24) is 4.90 Å². The number of halogens is 1. The number of amides is 1. The minimum absolute atomic E-state index is 0.0175. The number of nitrogens with zero attached hydrogens (tertiary/aromatic N) is 1. The molecule has 0 saturated heterocycles. The lowest BCUT2D eigenvalue weighted by molar-refractivity contribution is -0.132. The Balaban J connectivity index is 2.58. The van der Waals surface area contributed by atoms with Gasteiger partial charge in [0.05, 0.1) is 12.6 Å². The van der Waals surface area contributed by atoms with Crippen LogP contribution in [0.4, 0.5) is 0 Å². The number of hydrogen-bond donors (Lipinski definition) is 1. The number of thiophene rings is 1. The van der Waals surface area contributed by atoms with Gasteiger partial charge in [0.25, 0.3) is 0 Å². The SMILES string of the molecule is CC[C@H](C)[C@H](N)C(=O)N(C)Cc1cc(Br)cs1. The van der Waals surface area contributed by atoms with Gasteiger partial charge in [0.2, 0.25) is 5.91 Å². The first-order valence-electron chi connectivity index (χ1n) is 5.69. The summed E-state index contributed by atoms with van der Waals surface area (Å²) < 4.78 is 1.06. The van der Waals surface area contributed by atoms with Gasteiger partial charge in [-0.2, -0.15) is 0 Å². The third kappa shape index (κ3) is 4.08. The summed E-state index contributed by atoms with van der Waals surface area (Å²) in [4.78, 5) is 14.9. The van der Waals surface area contributed by atoms with Gasteiger partial charge in [-0.15, -0.1) is 11.3 Å². The predicted octanol–water partition coefficient (Wildman–Crippen LogP) is 2.84. The molecular weight excluding hydrogens is 300 g/mol. The molecule has 1 aromatic rings. The van der Waals surface area contributed by atoms with Crippen molar-refractivity contribution in [3.63, 3.8) is 0 Å². The fourth-order valence-electron chi connectivity index (χ4n) is 1.50. The Morgan fingerprint density at radius 3 is 2.76 bits per heavy atom. The van der Waals surface area contributed by atoms with E-state index in [0.29, 0.717) is 6.54 Å². The van der Waals surface area contributed by atoms with Gasteiger partial charge < -0.3 is 10.6 Å². The number of carbonyl (C=O) groups excluding carboxylic acids is 1. The second-order valence-corrected chi connectivity index (χ2v) is 6.25. The van der Waals surface area contributed by atoms with Crippen LogP contribution >= 0.6 is 27.3 Å². The van der Waals surface area contributed by atoms with Crippen molar-refractivity contribution in [2.45, 2.75) is 32.9 Å². The standard InChI is InChI=1S/C12H19BrN2OS/c1-4-8(2)11(14)12(16)15(3)6-10-5-9(13)7-17-10/h5,7-8,11H,4,6,14H2,1-3H3/t8-,11-/m0/s1. The lowest BCUT2D eigenvalue weighted by atomic mass is 9.99. The minimum atomic E-state index is -0.395. The molecule has 0 radical (unpaired) electrons. The first-order chi connectivity index (χ1) is 7.95. The van der Waals surface area contributed by atoms with E-state index < -0.39 is 6.04 Å². The number of likely N-dealkylation sites (N-methyl/N-ethyl adjacent to an activating group) is 1. The summed E-state index contributed by atoms with van der Waals surface area (Å²) in [7, 11) is 1.80. The maximum absolute atomic E-state index is 12.0. The maximum atomic E-state index is 12.0. The second kappa shape index (κ2) is 6.52. The summed E-state index contributed by atoms with van der Waals surface area (Å²) in [6.07, 6.45) is 0.922. The molecule has 0 aliphatic rings. The van der Waals surface area contributed by atoms with E-state index in [9.17, 15) is 4.79 Å². The van der Waals surface area contributed by atoms with Crippen LogP contribution in [0.3, 0.4) is 0 Å². The van der Waals surface area contributed by atoms with E-state index in [2.05, 4.69) is 15.9 Å². The minimum Gasteiger partial charge on any atom is -0.339 e. The molecule has 0 aliphatic heterocycles. The van der Waals surface area contributed by atoms with E-state index in [1.165, 1.54) is 0 Å². The molecule has 0 saturated carbocycles. The zero-order chi connectivity index (χ0) is 13.0. The first kappa shape index (κ1) is 14.7. The normalized spacial score (nSPS) is 14.4. The molecule has 0 unspecified atom stereocenters. The zero-order valence-corrected chi connectivity index (χ0v) is 12.8. The van der Waals surface area contributed by atoms with Crippen LogP contribution in [-0.4, -0.2) is 23.9 Å². The van der Waals surface area contributed by atoms with Gasteiger partial charge in [0.15, 0.2) is 0 Å². The molecule has 2 N–H and O–H groups in total. The third-order valence-corrected chi connectivity index (χ3v) is 4.62. The number of nitrogens with two attached hydrogens (primary N) is 1. The molecule has 0 spiro atoms. The molecule has 1 aromatic heterocycles. The van der Waals surface area contributed by atoms with Gasteiger partial charge in [-0.25, -0.2) is 0 Å². The summed E-state index contributed by atoms with van der Waals surface area (Å²) in [6.45, 7) is 4.69. The average Bonchev–Trinajstić information content (AvgIpc) is 2.71. The summed E-state index contributed by atoms with van der Waals surface area (Å²) in [5, 5.41) is 2.02. The van der Waals surface area contributed by atoms with Crippen molar-refractivity contribution in [2.75, 3.05) is 7.05 Å². The lowest BCUT2D eigenvalue weighted by Gasteiger charge is -2.24. The summed E-state index contributed by atoms with van der Waals surface area (Å²) >= 11 is 5.04. The Bertz CT molecular complexity index is 380. The average molecular weight is 319 g/mol. The van der Waals surface area contributed by atoms with E-state index in [1.807, 2.05) is 25.3 Å². The van der Waals surface area contributed by atoms with Gasteiger partial charge in [-0.1, -0.05) is 20.3 Å². The molecule has 3 nitrogen and oxygen atoms in total. The van der Waals surface area contributed by atoms with Crippen LogP contribution in [-0.2, 0) is 11.3 Å². The van der Waals surface area contributed by atoms with Gasteiger partial charge in [-0.3, -0.25) is 4.79 Å². The summed E-state index contributed by atoms with van der Waals surface area (Å²) in [5.41, 5.74) is 5.93. The Hall–Kier alpha value is -0.390. The highest BCUT2D eigenvalue weighted by molar-refractivity contribution is 9.10. The second-order valence-electron chi connectivity index (χ2n) is 4.34. The molecule has 5 heteroatoms. The van der Waals surface area contributed by atoms with Crippen molar-refractivity contribution in [1.29, 1.82) is 0 Å². The molecule has 1 amide bonds. The monoisotopic (exact) mass is 318 g/mol. The van der Waals surface area contributed by atoms with Gasteiger partial charge in [0, 0.05) is 21.8 Å². The predicted molar refractivity (Wildman–Crippen MR) is 75.9 cm³/mol. The van der Waals surface area contributed by atoms with E-state index in [0.717, 1.165) is 15.8 Å². The van der Waals surface area contributed by atoms with Crippen molar-refractivity contribution >= 4 is 33.2 Å². The summed E-state index contributed by atoms with van der Waals surface area (Å²) in [5.74, 6) is 0.240. The Kier molecular flexibility index (Phi) is 5.62. The van der Waals surface area contributed by atoms with Crippen molar-refractivity contribution < 1.29 is 4.79 Å². The molecule has 1 heterocycles. The Morgan fingerprint density at radius 2 is 2.29 bits per heavy atom. The van der Waals surface area contributed by atoms with Crippen LogP contribution < -0.4 is 5.73 Å². The zero-order valence-electron chi connectivity index (χ0n) is 10.4. The van der Waals surface area contributed by atoms with Crippen LogP contribution in [0, 0.1) is 5.92 Å². The highest BCUT2D eigenvalue weighted by Crippen LogP contribution is 2.21. The van der Waals surface area contributed by atoms with E-state index in [4.69, 9.17) is 5.73 Å². The molecular formula is C12H19BrN2OS. The molecule has 0 aromatic carbocycles. The van der Waals surface area contributed by atoms with Crippen LogP contribution in [0.5, 0.6) is 0 Å². The topological polar surface area (TPSA) is 46.3 Å². The number of hydrogen-bond acceptors (Lipinski definition) is 3. The first-order valence-corrected chi connectivity index (χ1v) is 7.36. The maximum Gasteiger partial charge on any atom is 0.239 e.